The van der Waals surface area contributed by atoms with Crippen LogP contribution in [-0.4, -0.2) is 49.3 Å². The maximum atomic E-state index is 12.7. The molecule has 0 bridgehead atoms. The lowest BCUT2D eigenvalue weighted by Crippen LogP contribution is -2.28. The van der Waals surface area contributed by atoms with Crippen LogP contribution in [-0.2, 0) is 14.9 Å². The molecule has 8 nitrogen and oxygen atoms in total. The zero-order chi connectivity index (χ0) is 21.3. The number of rotatable bonds is 2. The Labute approximate surface area is 175 Å². The topological polar surface area (TPSA) is 83.5 Å². The summed E-state index contributed by atoms with van der Waals surface area (Å²) in [5.41, 5.74) is 4.67. The summed E-state index contributed by atoms with van der Waals surface area (Å²) in [5, 5.41) is 8.98. The third-order valence-corrected chi connectivity index (χ3v) is 6.23. The van der Waals surface area contributed by atoms with E-state index >= 15 is 0 Å². The van der Waals surface area contributed by atoms with Crippen molar-refractivity contribution in [2.24, 2.45) is 5.92 Å². The molecule has 2 aliphatic rings. The summed E-state index contributed by atoms with van der Waals surface area (Å²) >= 11 is 0. The summed E-state index contributed by atoms with van der Waals surface area (Å²) in [7, 11) is 0. The Morgan fingerprint density at radius 1 is 1.33 bits per heavy atom. The van der Waals surface area contributed by atoms with E-state index in [1.807, 2.05) is 45.2 Å². The van der Waals surface area contributed by atoms with Crippen molar-refractivity contribution in [2.45, 2.75) is 58.5 Å². The van der Waals surface area contributed by atoms with Crippen LogP contribution in [0.5, 0.6) is 0 Å². The van der Waals surface area contributed by atoms with Crippen molar-refractivity contribution in [3.63, 3.8) is 0 Å². The Bertz CT molecular complexity index is 1160. The maximum absolute atomic E-state index is 12.7. The van der Waals surface area contributed by atoms with E-state index in [0.29, 0.717) is 5.92 Å². The minimum Gasteiger partial charge on any atom is -0.442 e. The summed E-state index contributed by atoms with van der Waals surface area (Å²) in [4.78, 5) is 17.6. The number of aryl methyl sites for hydroxylation is 1. The lowest BCUT2D eigenvalue weighted by Gasteiger charge is -2.22. The molecule has 0 spiro atoms. The second kappa shape index (κ2) is 6.38. The number of ether oxygens (including phenoxy) is 2. The molecule has 1 aliphatic carbocycles. The lowest BCUT2D eigenvalue weighted by molar-refractivity contribution is 0.0510. The number of carbonyl (C=O) groups excluding carboxylic acids is 1. The summed E-state index contributed by atoms with van der Waals surface area (Å²) in [6.45, 7) is 10.9. The van der Waals surface area contributed by atoms with Crippen LogP contribution < -0.4 is 0 Å². The van der Waals surface area contributed by atoms with Crippen molar-refractivity contribution >= 4 is 11.7 Å². The van der Waals surface area contributed by atoms with Crippen molar-refractivity contribution in [1.82, 2.24) is 24.4 Å². The average molecular weight is 409 g/mol. The first-order chi connectivity index (χ1) is 14.2. The number of nitrogens with zero attached hydrogens (tertiary/aromatic N) is 5. The Morgan fingerprint density at radius 3 is 2.87 bits per heavy atom. The Hall–Kier alpha value is -2.74. The van der Waals surface area contributed by atoms with Gasteiger partial charge in [0.05, 0.1) is 35.6 Å². The minimum absolute atomic E-state index is 0.0992. The quantitative estimate of drug-likeness (QED) is 0.642. The van der Waals surface area contributed by atoms with Gasteiger partial charge in [-0.2, -0.15) is 14.9 Å². The number of hydrogen-bond acceptors (Lipinski definition) is 6. The molecule has 0 N–H and O–H groups in total. The molecule has 1 saturated carbocycles. The minimum atomic E-state index is -0.591. The van der Waals surface area contributed by atoms with Crippen molar-refractivity contribution in [2.75, 3.05) is 13.2 Å². The van der Waals surface area contributed by atoms with Crippen molar-refractivity contribution < 1.29 is 14.3 Å². The zero-order valence-corrected chi connectivity index (χ0v) is 18.1. The molecule has 2 unspecified atom stereocenters. The van der Waals surface area contributed by atoms with Gasteiger partial charge in [0.15, 0.2) is 5.65 Å². The van der Waals surface area contributed by atoms with Gasteiger partial charge in [0.2, 0.25) is 0 Å². The zero-order valence-electron chi connectivity index (χ0n) is 18.1. The van der Waals surface area contributed by atoms with Gasteiger partial charge < -0.3 is 9.47 Å². The van der Waals surface area contributed by atoms with Crippen LogP contribution in [0.4, 0.5) is 4.79 Å². The van der Waals surface area contributed by atoms with Gasteiger partial charge in [-0.3, -0.25) is 0 Å². The largest absolute Gasteiger partial charge is 0.442 e. The molecule has 0 aromatic carbocycles. The van der Waals surface area contributed by atoms with Gasteiger partial charge in [-0.15, -0.1) is 0 Å². The first kappa shape index (κ1) is 19.2. The molecule has 8 heteroatoms. The molecule has 0 radical (unpaired) electrons. The number of aromatic nitrogens is 5. The van der Waals surface area contributed by atoms with Gasteiger partial charge in [-0.1, -0.05) is 0 Å². The fraction of sp³-hybridized carbons (Fsp3) is 0.545. The van der Waals surface area contributed by atoms with E-state index in [2.05, 4.69) is 16.3 Å². The van der Waals surface area contributed by atoms with Gasteiger partial charge in [0.25, 0.3) is 0 Å². The standard InChI is InChI=1S/C22H27N5O3/c1-13-19(14(2)26(25-13)20(28)30-21(3,4)5)16-10-17(24-18-6-8-23-27(16)18)22-7-9-29-12-15(22)11-22/h6,8,10,15H,7,9,11-12H2,1-5H3. The predicted molar refractivity (Wildman–Crippen MR) is 111 cm³/mol. The van der Waals surface area contributed by atoms with Crippen LogP contribution in [0.1, 0.15) is 50.7 Å². The molecule has 0 amide bonds. The highest BCUT2D eigenvalue weighted by Gasteiger charge is 2.58. The fourth-order valence-electron chi connectivity index (χ4n) is 4.67. The average Bonchev–Trinajstić information content (AvgIpc) is 3.10. The predicted octanol–water partition coefficient (Wildman–Crippen LogP) is 3.67. The molecule has 2 fully saturated rings. The van der Waals surface area contributed by atoms with Gasteiger partial charge in [0.1, 0.15) is 5.60 Å². The molecule has 1 saturated heterocycles. The van der Waals surface area contributed by atoms with E-state index in [9.17, 15) is 4.79 Å². The van der Waals surface area contributed by atoms with Gasteiger partial charge in [-0.25, -0.2) is 14.3 Å². The van der Waals surface area contributed by atoms with E-state index in [1.165, 1.54) is 4.68 Å². The fourth-order valence-corrected chi connectivity index (χ4v) is 4.67. The van der Waals surface area contributed by atoms with Crippen LogP contribution in [0.3, 0.4) is 0 Å². The van der Waals surface area contributed by atoms with Crippen LogP contribution in [0.15, 0.2) is 18.3 Å². The van der Waals surface area contributed by atoms with E-state index < -0.39 is 11.7 Å². The molecular weight excluding hydrogens is 382 g/mol. The van der Waals surface area contributed by atoms with E-state index in [0.717, 1.165) is 60.0 Å². The lowest BCUT2D eigenvalue weighted by atomic mass is 9.92. The number of fused-ring (bicyclic) bond motifs is 2. The van der Waals surface area contributed by atoms with E-state index in [-0.39, 0.29) is 5.41 Å². The normalized spacial score (nSPS) is 23.4. The molecular formula is C22H27N5O3. The molecule has 1 aliphatic heterocycles. The summed E-state index contributed by atoms with van der Waals surface area (Å²) in [6, 6.07) is 4.05. The van der Waals surface area contributed by atoms with Crippen LogP contribution in [0.2, 0.25) is 0 Å². The van der Waals surface area contributed by atoms with Gasteiger partial charge in [-0.05, 0) is 59.4 Å². The summed E-state index contributed by atoms with van der Waals surface area (Å²) in [6.07, 6.45) is 3.37. The molecule has 4 heterocycles. The maximum Gasteiger partial charge on any atom is 0.435 e. The van der Waals surface area contributed by atoms with Crippen LogP contribution >= 0.6 is 0 Å². The Kier molecular flexibility index (Phi) is 4.09. The van der Waals surface area contributed by atoms with E-state index in [4.69, 9.17) is 14.5 Å². The molecule has 2 atom stereocenters. The highest BCUT2D eigenvalue weighted by molar-refractivity contribution is 5.76. The third-order valence-electron chi connectivity index (χ3n) is 6.23. The second-order valence-corrected chi connectivity index (χ2v) is 9.45. The molecule has 3 aromatic heterocycles. The first-order valence-corrected chi connectivity index (χ1v) is 10.4. The highest BCUT2D eigenvalue weighted by Crippen LogP contribution is 2.58. The van der Waals surface area contributed by atoms with Crippen molar-refractivity contribution in [3.05, 3.63) is 35.4 Å². The van der Waals surface area contributed by atoms with Crippen molar-refractivity contribution in [3.8, 4) is 11.3 Å². The third kappa shape index (κ3) is 2.93. The molecule has 30 heavy (non-hydrogen) atoms. The van der Waals surface area contributed by atoms with Crippen LogP contribution in [0.25, 0.3) is 16.9 Å². The molecule has 3 aromatic rings. The van der Waals surface area contributed by atoms with Crippen molar-refractivity contribution in [1.29, 1.82) is 0 Å². The van der Waals surface area contributed by atoms with Gasteiger partial charge >= 0.3 is 6.09 Å². The second-order valence-electron chi connectivity index (χ2n) is 9.45. The van der Waals surface area contributed by atoms with E-state index in [1.54, 1.807) is 6.20 Å². The Balaban J connectivity index is 1.64. The smallest absolute Gasteiger partial charge is 0.435 e. The van der Waals surface area contributed by atoms with Gasteiger partial charge in [0, 0.05) is 23.7 Å². The summed E-state index contributed by atoms with van der Waals surface area (Å²) < 4.78 is 14.4. The highest BCUT2D eigenvalue weighted by atomic mass is 16.6. The number of carbonyl (C=O) groups is 1. The summed E-state index contributed by atoms with van der Waals surface area (Å²) in [5.74, 6) is 0.531. The molecule has 5 rings (SSSR count). The number of hydrogen-bond donors (Lipinski definition) is 0. The van der Waals surface area contributed by atoms with Crippen LogP contribution in [0, 0.1) is 19.8 Å². The Morgan fingerprint density at radius 2 is 2.13 bits per heavy atom. The first-order valence-electron chi connectivity index (χ1n) is 10.4. The molecule has 158 valence electrons. The monoisotopic (exact) mass is 409 g/mol. The SMILES string of the molecule is Cc1nn(C(=O)OC(C)(C)C)c(C)c1-c1cc(C23CCOCC2C3)nc2ccnn12.